The highest BCUT2D eigenvalue weighted by atomic mass is 14.5. The number of rotatable bonds is 12. The molecule has 0 aliphatic carbocycles. The smallest absolute Gasteiger partial charge is 0.0314 e. The van der Waals surface area contributed by atoms with Gasteiger partial charge in [0.25, 0.3) is 0 Å². The van der Waals surface area contributed by atoms with Crippen LogP contribution in [0.4, 0.5) is 11.4 Å². The Bertz CT molecular complexity index is 1170. The highest BCUT2D eigenvalue weighted by molar-refractivity contribution is 5.43. The minimum atomic E-state index is 0.823. The van der Waals surface area contributed by atoms with Gasteiger partial charge in [-0.3, -0.25) is 0 Å². The average molecular weight is 491 g/mol. The number of hydrogen-bond acceptors (Lipinski definition) is 2. The standard InChI is InChI=1S/C35H42N2/c1-3-6-32-24-28(22-26-12-18-34(36)19-13-26)10-16-30(32)8-5-9-31-17-11-29(25-33(31)7-4-2)23-27-14-20-35(37)21-15-27/h10-21,24-25H,3-9,22-23,36-37H2,1-2H3. The Labute approximate surface area is 223 Å². The highest BCUT2D eigenvalue weighted by Crippen LogP contribution is 2.23. The van der Waals surface area contributed by atoms with E-state index in [9.17, 15) is 0 Å². The van der Waals surface area contributed by atoms with Crippen LogP contribution < -0.4 is 11.5 Å². The van der Waals surface area contributed by atoms with Crippen LogP contribution in [0.1, 0.15) is 77.6 Å². The molecule has 0 heterocycles. The fraction of sp³-hybridized carbons (Fsp3) is 0.314. The van der Waals surface area contributed by atoms with Crippen molar-refractivity contribution < 1.29 is 0 Å². The molecule has 0 spiro atoms. The molecule has 0 bridgehead atoms. The zero-order valence-electron chi connectivity index (χ0n) is 22.6. The number of hydrogen-bond donors (Lipinski definition) is 2. The van der Waals surface area contributed by atoms with E-state index in [1.165, 1.54) is 63.8 Å². The van der Waals surface area contributed by atoms with Crippen molar-refractivity contribution in [1.29, 1.82) is 0 Å². The van der Waals surface area contributed by atoms with Gasteiger partial charge in [-0.15, -0.1) is 0 Å². The summed E-state index contributed by atoms with van der Waals surface area (Å²) in [5.74, 6) is 0. The van der Waals surface area contributed by atoms with Gasteiger partial charge >= 0.3 is 0 Å². The van der Waals surface area contributed by atoms with Crippen LogP contribution in [0.25, 0.3) is 0 Å². The van der Waals surface area contributed by atoms with Crippen LogP contribution >= 0.6 is 0 Å². The summed E-state index contributed by atoms with van der Waals surface area (Å²) in [5, 5.41) is 0. The number of benzene rings is 4. The van der Waals surface area contributed by atoms with Crippen molar-refractivity contribution in [1.82, 2.24) is 0 Å². The van der Waals surface area contributed by atoms with Crippen molar-refractivity contribution in [2.75, 3.05) is 11.5 Å². The molecule has 0 radical (unpaired) electrons. The molecule has 0 aromatic heterocycles. The summed E-state index contributed by atoms with van der Waals surface area (Å²) >= 11 is 0. The van der Waals surface area contributed by atoms with Gasteiger partial charge in [0.1, 0.15) is 0 Å². The van der Waals surface area contributed by atoms with Gasteiger partial charge in [0.15, 0.2) is 0 Å². The third kappa shape index (κ3) is 7.73. The first-order valence-corrected chi connectivity index (χ1v) is 13.9. The molecule has 0 aliphatic heterocycles. The third-order valence-electron chi connectivity index (χ3n) is 7.25. The normalized spacial score (nSPS) is 11.1. The summed E-state index contributed by atoms with van der Waals surface area (Å²) in [7, 11) is 0. The summed E-state index contributed by atoms with van der Waals surface area (Å²) in [6.07, 6.45) is 10.0. The molecule has 4 aromatic carbocycles. The number of anilines is 2. The van der Waals surface area contributed by atoms with Gasteiger partial charge in [0.2, 0.25) is 0 Å². The van der Waals surface area contributed by atoms with Gasteiger partial charge in [-0.1, -0.05) is 87.4 Å². The molecule has 0 aliphatic rings. The van der Waals surface area contributed by atoms with Gasteiger partial charge in [-0.2, -0.15) is 0 Å². The predicted octanol–water partition coefficient (Wildman–Crippen LogP) is 8.11. The summed E-state index contributed by atoms with van der Waals surface area (Å²) in [6.45, 7) is 4.55. The highest BCUT2D eigenvalue weighted by Gasteiger charge is 2.08. The van der Waals surface area contributed by atoms with Crippen LogP contribution in [0.5, 0.6) is 0 Å². The lowest BCUT2D eigenvalue weighted by atomic mass is 9.91. The van der Waals surface area contributed by atoms with Gasteiger partial charge in [0.05, 0.1) is 0 Å². The molecule has 0 saturated carbocycles. The van der Waals surface area contributed by atoms with Gasteiger partial charge < -0.3 is 11.5 Å². The topological polar surface area (TPSA) is 52.0 Å². The Morgan fingerprint density at radius 3 is 1.19 bits per heavy atom. The lowest BCUT2D eigenvalue weighted by molar-refractivity contribution is 0.785. The molecule has 192 valence electrons. The number of aryl methyl sites for hydroxylation is 4. The quantitative estimate of drug-likeness (QED) is 0.197. The molecule has 0 amide bonds. The van der Waals surface area contributed by atoms with Crippen molar-refractivity contribution in [3.63, 3.8) is 0 Å². The first-order valence-electron chi connectivity index (χ1n) is 13.9. The monoisotopic (exact) mass is 490 g/mol. The molecule has 37 heavy (non-hydrogen) atoms. The van der Waals surface area contributed by atoms with Crippen LogP contribution in [-0.2, 0) is 38.5 Å². The Hall–Kier alpha value is -3.52. The minimum Gasteiger partial charge on any atom is -0.399 e. The summed E-state index contributed by atoms with van der Waals surface area (Å²) in [4.78, 5) is 0. The summed E-state index contributed by atoms with van der Waals surface area (Å²) in [5.41, 5.74) is 24.8. The summed E-state index contributed by atoms with van der Waals surface area (Å²) in [6, 6.07) is 30.8. The lowest BCUT2D eigenvalue weighted by Crippen LogP contribution is -2.01. The van der Waals surface area contributed by atoms with Crippen LogP contribution in [-0.4, -0.2) is 0 Å². The molecule has 4 rings (SSSR count). The van der Waals surface area contributed by atoms with Gasteiger partial charge in [-0.25, -0.2) is 0 Å². The molecule has 0 fully saturated rings. The molecule has 4 N–H and O–H groups in total. The molecule has 0 saturated heterocycles. The maximum Gasteiger partial charge on any atom is 0.0314 e. The molecule has 0 atom stereocenters. The van der Waals surface area contributed by atoms with Crippen molar-refractivity contribution in [2.45, 2.75) is 71.6 Å². The average Bonchev–Trinajstić information content (AvgIpc) is 2.89. The Kier molecular flexibility index (Phi) is 9.43. The molecule has 2 nitrogen and oxygen atoms in total. The molecule has 0 unspecified atom stereocenters. The Balaban J connectivity index is 1.41. The predicted molar refractivity (Wildman–Crippen MR) is 160 cm³/mol. The second kappa shape index (κ2) is 13.1. The largest absolute Gasteiger partial charge is 0.399 e. The second-order valence-corrected chi connectivity index (χ2v) is 10.4. The fourth-order valence-corrected chi connectivity index (χ4v) is 5.28. The first kappa shape index (κ1) is 26.5. The first-order chi connectivity index (χ1) is 18.0. The zero-order chi connectivity index (χ0) is 26.0. The molecule has 2 heteroatoms. The maximum absolute atomic E-state index is 5.86. The van der Waals surface area contributed by atoms with E-state index in [4.69, 9.17) is 11.5 Å². The van der Waals surface area contributed by atoms with Crippen molar-refractivity contribution >= 4 is 11.4 Å². The Morgan fingerprint density at radius 1 is 0.432 bits per heavy atom. The summed E-state index contributed by atoms with van der Waals surface area (Å²) < 4.78 is 0. The van der Waals surface area contributed by atoms with Crippen LogP contribution in [0.3, 0.4) is 0 Å². The third-order valence-corrected chi connectivity index (χ3v) is 7.25. The van der Waals surface area contributed by atoms with E-state index in [1.807, 2.05) is 24.3 Å². The van der Waals surface area contributed by atoms with Crippen molar-refractivity contribution in [2.24, 2.45) is 0 Å². The number of nitrogen functional groups attached to an aromatic ring is 2. The van der Waals surface area contributed by atoms with E-state index >= 15 is 0 Å². The van der Waals surface area contributed by atoms with Crippen molar-refractivity contribution in [3.8, 4) is 0 Å². The molecular weight excluding hydrogens is 448 g/mol. The van der Waals surface area contributed by atoms with E-state index in [0.29, 0.717) is 0 Å². The van der Waals surface area contributed by atoms with E-state index in [1.54, 1.807) is 0 Å². The SMILES string of the molecule is CCCc1cc(Cc2ccc(N)cc2)ccc1CCCc1ccc(Cc2ccc(N)cc2)cc1CCC. The molecular formula is C35H42N2. The molecule has 4 aromatic rings. The zero-order valence-corrected chi connectivity index (χ0v) is 22.6. The maximum atomic E-state index is 5.86. The van der Waals surface area contributed by atoms with E-state index in [-0.39, 0.29) is 0 Å². The number of nitrogens with two attached hydrogens (primary N) is 2. The lowest BCUT2D eigenvalue weighted by Gasteiger charge is -2.14. The van der Waals surface area contributed by atoms with E-state index in [0.717, 1.165) is 49.9 Å². The second-order valence-electron chi connectivity index (χ2n) is 10.4. The minimum absolute atomic E-state index is 0.823. The fourth-order valence-electron chi connectivity index (χ4n) is 5.28. The van der Waals surface area contributed by atoms with E-state index < -0.39 is 0 Å². The Morgan fingerprint density at radius 2 is 0.811 bits per heavy atom. The van der Waals surface area contributed by atoms with Crippen LogP contribution in [0.15, 0.2) is 84.9 Å². The van der Waals surface area contributed by atoms with Crippen LogP contribution in [0, 0.1) is 0 Å². The van der Waals surface area contributed by atoms with Crippen molar-refractivity contribution in [3.05, 3.63) is 129 Å². The van der Waals surface area contributed by atoms with Gasteiger partial charge in [-0.05, 0) is 114 Å². The van der Waals surface area contributed by atoms with E-state index in [2.05, 4.69) is 74.5 Å². The van der Waals surface area contributed by atoms with Crippen LogP contribution in [0.2, 0.25) is 0 Å². The van der Waals surface area contributed by atoms with Gasteiger partial charge in [0, 0.05) is 11.4 Å².